The number of aromatic nitrogens is 2. The van der Waals surface area contributed by atoms with Crippen molar-refractivity contribution in [2.75, 3.05) is 13.2 Å². The molecule has 1 aliphatic heterocycles. The van der Waals surface area contributed by atoms with Gasteiger partial charge in [0.2, 0.25) is 0 Å². The van der Waals surface area contributed by atoms with E-state index in [1.165, 1.54) is 5.69 Å². The Morgan fingerprint density at radius 2 is 2.07 bits per heavy atom. The van der Waals surface area contributed by atoms with Gasteiger partial charge in [-0.15, -0.1) is 0 Å². The number of benzene rings is 1. The first-order valence-electron chi connectivity index (χ1n) is 10.4. The van der Waals surface area contributed by atoms with Gasteiger partial charge in [-0.25, -0.2) is 0 Å². The minimum Gasteiger partial charge on any atom is -0.490 e. The Bertz CT molecular complexity index is 1000. The monoisotopic (exact) mass is 405 g/mol. The molecule has 156 valence electrons. The number of hydrogen-bond acceptors (Lipinski definition) is 4. The molecule has 1 aliphatic rings. The summed E-state index contributed by atoms with van der Waals surface area (Å²) in [7, 11) is 2.03. The lowest BCUT2D eigenvalue weighted by molar-refractivity contribution is 0.0730. The van der Waals surface area contributed by atoms with E-state index in [1.807, 2.05) is 55.4 Å². The van der Waals surface area contributed by atoms with E-state index >= 15 is 0 Å². The number of amides is 1. The highest BCUT2D eigenvalue weighted by atomic mass is 16.5. The molecule has 3 heterocycles. The van der Waals surface area contributed by atoms with Gasteiger partial charge in [-0.2, -0.15) is 0 Å². The number of hydrogen-bond donors (Lipinski definition) is 0. The van der Waals surface area contributed by atoms with E-state index in [9.17, 15) is 4.79 Å². The van der Waals surface area contributed by atoms with Crippen molar-refractivity contribution in [2.45, 2.75) is 32.4 Å². The minimum absolute atomic E-state index is 0.0264. The SMILES string of the molecule is CCOc1cc(C(=O)N2CCCC2c2cccn2C)ccc1OCc1cccnc1. The van der Waals surface area contributed by atoms with E-state index in [4.69, 9.17) is 9.47 Å². The van der Waals surface area contributed by atoms with Crippen LogP contribution < -0.4 is 9.47 Å². The molecular formula is C24H27N3O3. The van der Waals surface area contributed by atoms with Crippen LogP contribution in [0.5, 0.6) is 11.5 Å². The number of rotatable bonds is 7. The molecule has 1 fully saturated rings. The molecule has 1 amide bonds. The smallest absolute Gasteiger partial charge is 0.254 e. The first-order valence-corrected chi connectivity index (χ1v) is 10.4. The van der Waals surface area contributed by atoms with Gasteiger partial charge in [-0.05, 0) is 56.2 Å². The topological polar surface area (TPSA) is 56.6 Å². The van der Waals surface area contributed by atoms with Crippen LogP contribution >= 0.6 is 0 Å². The predicted molar refractivity (Wildman–Crippen MR) is 115 cm³/mol. The normalized spacial score (nSPS) is 15.9. The van der Waals surface area contributed by atoms with Crippen molar-refractivity contribution in [3.63, 3.8) is 0 Å². The zero-order chi connectivity index (χ0) is 20.9. The average Bonchev–Trinajstić information content (AvgIpc) is 3.41. The number of pyridine rings is 1. The third-order valence-electron chi connectivity index (χ3n) is 5.45. The Labute approximate surface area is 177 Å². The Morgan fingerprint density at radius 1 is 1.17 bits per heavy atom. The molecule has 1 saturated heterocycles. The van der Waals surface area contributed by atoms with Gasteiger partial charge < -0.3 is 18.9 Å². The Morgan fingerprint density at radius 3 is 2.80 bits per heavy atom. The molecule has 0 aliphatic carbocycles. The third kappa shape index (κ3) is 4.17. The zero-order valence-electron chi connectivity index (χ0n) is 17.5. The number of carbonyl (C=O) groups is 1. The molecule has 0 radical (unpaired) electrons. The average molecular weight is 405 g/mol. The Kier molecular flexibility index (Phi) is 6.02. The van der Waals surface area contributed by atoms with Crippen LogP contribution in [0.3, 0.4) is 0 Å². The van der Waals surface area contributed by atoms with Crippen molar-refractivity contribution in [2.24, 2.45) is 7.05 Å². The van der Waals surface area contributed by atoms with Crippen molar-refractivity contribution in [3.8, 4) is 11.5 Å². The van der Waals surface area contributed by atoms with Crippen molar-refractivity contribution >= 4 is 5.91 Å². The second-order valence-electron chi connectivity index (χ2n) is 7.45. The van der Waals surface area contributed by atoms with Gasteiger partial charge in [0.15, 0.2) is 11.5 Å². The van der Waals surface area contributed by atoms with Crippen molar-refractivity contribution in [3.05, 3.63) is 77.9 Å². The van der Waals surface area contributed by atoms with Crippen LogP contribution in [0.2, 0.25) is 0 Å². The third-order valence-corrected chi connectivity index (χ3v) is 5.45. The van der Waals surface area contributed by atoms with Crippen molar-refractivity contribution < 1.29 is 14.3 Å². The fourth-order valence-electron chi connectivity index (χ4n) is 3.98. The summed E-state index contributed by atoms with van der Waals surface area (Å²) >= 11 is 0. The molecule has 3 aromatic rings. The first kappa shape index (κ1) is 20.0. The summed E-state index contributed by atoms with van der Waals surface area (Å²) in [6, 6.07) is 13.5. The molecule has 6 nitrogen and oxygen atoms in total. The van der Waals surface area contributed by atoms with Crippen LogP contribution in [-0.2, 0) is 13.7 Å². The number of aryl methyl sites for hydroxylation is 1. The van der Waals surface area contributed by atoms with Crippen molar-refractivity contribution in [1.82, 2.24) is 14.5 Å². The Balaban J connectivity index is 1.54. The maximum absolute atomic E-state index is 13.3. The van der Waals surface area contributed by atoms with Crippen LogP contribution in [0.1, 0.15) is 47.4 Å². The molecule has 0 bridgehead atoms. The summed E-state index contributed by atoms with van der Waals surface area (Å²) in [4.78, 5) is 19.4. The van der Waals surface area contributed by atoms with Gasteiger partial charge in [-0.1, -0.05) is 6.07 Å². The largest absolute Gasteiger partial charge is 0.490 e. The van der Waals surface area contributed by atoms with Gasteiger partial charge in [-0.3, -0.25) is 9.78 Å². The fourth-order valence-corrected chi connectivity index (χ4v) is 3.98. The lowest BCUT2D eigenvalue weighted by Gasteiger charge is -2.26. The summed E-state index contributed by atoms with van der Waals surface area (Å²) in [5.41, 5.74) is 2.76. The quantitative estimate of drug-likeness (QED) is 0.586. The predicted octanol–water partition coefficient (Wildman–Crippen LogP) is 4.38. The van der Waals surface area contributed by atoms with E-state index in [0.29, 0.717) is 30.3 Å². The summed E-state index contributed by atoms with van der Waals surface area (Å²) in [6.07, 6.45) is 7.52. The highest BCUT2D eigenvalue weighted by molar-refractivity contribution is 5.95. The van der Waals surface area contributed by atoms with Crippen LogP contribution in [0, 0.1) is 0 Å². The Hall–Kier alpha value is -3.28. The summed E-state index contributed by atoms with van der Waals surface area (Å²) in [6.45, 7) is 3.57. The molecule has 0 saturated carbocycles. The highest BCUT2D eigenvalue weighted by Gasteiger charge is 2.32. The van der Waals surface area contributed by atoms with Gasteiger partial charge in [0.05, 0.1) is 12.6 Å². The lowest BCUT2D eigenvalue weighted by atomic mass is 10.1. The van der Waals surface area contributed by atoms with E-state index in [0.717, 1.165) is 24.9 Å². The molecule has 6 heteroatoms. The molecule has 2 aromatic heterocycles. The van der Waals surface area contributed by atoms with Gasteiger partial charge in [0.1, 0.15) is 6.61 Å². The molecule has 0 N–H and O–H groups in total. The molecule has 0 spiro atoms. The van der Waals surface area contributed by atoms with Crippen LogP contribution in [-0.4, -0.2) is 33.5 Å². The fraction of sp³-hybridized carbons (Fsp3) is 0.333. The summed E-state index contributed by atoms with van der Waals surface area (Å²) in [5, 5.41) is 0. The molecule has 1 atom stereocenters. The molecular weight excluding hydrogens is 378 g/mol. The number of likely N-dealkylation sites (tertiary alicyclic amines) is 1. The van der Waals surface area contributed by atoms with Crippen LogP contribution in [0.4, 0.5) is 0 Å². The van der Waals surface area contributed by atoms with Crippen LogP contribution in [0.15, 0.2) is 61.1 Å². The zero-order valence-corrected chi connectivity index (χ0v) is 17.5. The number of carbonyl (C=O) groups excluding carboxylic acids is 1. The number of ether oxygens (including phenoxy) is 2. The van der Waals surface area contributed by atoms with E-state index in [-0.39, 0.29) is 11.9 Å². The summed E-state index contributed by atoms with van der Waals surface area (Å²) in [5.74, 6) is 1.23. The molecule has 1 aromatic carbocycles. The highest BCUT2D eigenvalue weighted by Crippen LogP contribution is 2.35. The van der Waals surface area contributed by atoms with Gasteiger partial charge >= 0.3 is 0 Å². The van der Waals surface area contributed by atoms with Gasteiger partial charge in [0, 0.05) is 49.0 Å². The first-order chi connectivity index (χ1) is 14.7. The minimum atomic E-state index is 0.0264. The molecule has 30 heavy (non-hydrogen) atoms. The second-order valence-corrected chi connectivity index (χ2v) is 7.45. The van der Waals surface area contributed by atoms with E-state index < -0.39 is 0 Å². The van der Waals surface area contributed by atoms with Crippen molar-refractivity contribution in [1.29, 1.82) is 0 Å². The number of nitrogens with zero attached hydrogens (tertiary/aromatic N) is 3. The van der Waals surface area contributed by atoms with E-state index in [2.05, 4.69) is 15.6 Å². The maximum Gasteiger partial charge on any atom is 0.254 e. The lowest BCUT2D eigenvalue weighted by Crippen LogP contribution is -2.31. The molecule has 4 rings (SSSR count). The summed E-state index contributed by atoms with van der Waals surface area (Å²) < 4.78 is 13.8. The second kappa shape index (κ2) is 9.03. The maximum atomic E-state index is 13.3. The molecule has 1 unspecified atom stereocenters. The van der Waals surface area contributed by atoms with Gasteiger partial charge in [0.25, 0.3) is 5.91 Å². The van der Waals surface area contributed by atoms with E-state index in [1.54, 1.807) is 18.5 Å². The van der Waals surface area contributed by atoms with Crippen LogP contribution in [0.25, 0.3) is 0 Å². The standard InChI is InChI=1S/C24H27N3O3/c1-3-29-23-15-19(10-11-22(23)30-17-18-7-4-12-25-16-18)24(28)27-14-6-9-21(27)20-8-5-13-26(20)2/h4-5,7-8,10-13,15-16,21H,3,6,9,14,17H2,1-2H3.